The van der Waals surface area contributed by atoms with Crippen LogP contribution in [0.2, 0.25) is 0 Å². The van der Waals surface area contributed by atoms with Gasteiger partial charge in [-0.3, -0.25) is 4.79 Å². The highest BCUT2D eigenvalue weighted by Gasteiger charge is 2.31. The predicted molar refractivity (Wildman–Crippen MR) is 128 cm³/mol. The van der Waals surface area contributed by atoms with E-state index >= 15 is 0 Å². The lowest BCUT2D eigenvalue weighted by atomic mass is 9.96. The van der Waals surface area contributed by atoms with Crippen molar-refractivity contribution in [3.8, 4) is 28.7 Å². The van der Waals surface area contributed by atoms with E-state index in [1.807, 2.05) is 42.5 Å². The molecular formula is C29H25F3O3. The average molecular weight is 479 g/mol. The molecule has 0 bridgehead atoms. The van der Waals surface area contributed by atoms with Crippen LogP contribution in [0.1, 0.15) is 54.0 Å². The summed E-state index contributed by atoms with van der Waals surface area (Å²) in [6.45, 7) is 1.73. The number of carbonyl (C=O) groups excluding carboxylic acids is 1. The van der Waals surface area contributed by atoms with Gasteiger partial charge in [-0.25, -0.2) is 0 Å². The Morgan fingerprint density at radius 1 is 1.06 bits per heavy atom. The molecule has 35 heavy (non-hydrogen) atoms. The molecule has 0 fully saturated rings. The van der Waals surface area contributed by atoms with E-state index in [2.05, 4.69) is 11.8 Å². The van der Waals surface area contributed by atoms with Gasteiger partial charge in [0.25, 0.3) is 0 Å². The summed E-state index contributed by atoms with van der Waals surface area (Å²) in [6.07, 6.45) is -2.76. The first-order valence-electron chi connectivity index (χ1n) is 11.3. The smallest absolute Gasteiger partial charge is 0.416 e. The second kappa shape index (κ2) is 10.3. The van der Waals surface area contributed by atoms with E-state index in [-0.39, 0.29) is 24.4 Å². The Morgan fingerprint density at radius 3 is 2.40 bits per heavy atom. The third kappa shape index (κ3) is 5.51. The van der Waals surface area contributed by atoms with Crippen LogP contribution in [0.5, 0.6) is 5.75 Å². The van der Waals surface area contributed by atoms with E-state index in [9.17, 15) is 18.0 Å². The Morgan fingerprint density at radius 2 is 1.77 bits per heavy atom. The van der Waals surface area contributed by atoms with Gasteiger partial charge >= 0.3 is 12.1 Å². The molecule has 0 aromatic heterocycles. The van der Waals surface area contributed by atoms with E-state index in [0.29, 0.717) is 5.75 Å². The summed E-state index contributed by atoms with van der Waals surface area (Å²) in [5, 5.41) is 0. The number of benzene rings is 3. The first-order chi connectivity index (χ1) is 16.8. The van der Waals surface area contributed by atoms with Gasteiger partial charge in [0.05, 0.1) is 25.0 Å². The van der Waals surface area contributed by atoms with Crippen LogP contribution in [-0.4, -0.2) is 13.1 Å². The molecule has 0 N–H and O–H groups in total. The molecule has 180 valence electrons. The zero-order chi connectivity index (χ0) is 25.0. The number of hydrogen-bond donors (Lipinski definition) is 0. The maximum absolute atomic E-state index is 12.9. The highest BCUT2D eigenvalue weighted by molar-refractivity contribution is 5.71. The molecule has 0 heterocycles. The lowest BCUT2D eigenvalue weighted by molar-refractivity contribution is -0.141. The molecule has 3 aromatic rings. The van der Waals surface area contributed by atoms with Gasteiger partial charge in [0.15, 0.2) is 0 Å². The molecule has 2 atom stereocenters. The van der Waals surface area contributed by atoms with Crippen molar-refractivity contribution in [1.82, 2.24) is 0 Å². The summed E-state index contributed by atoms with van der Waals surface area (Å²) in [6, 6.07) is 18.7. The van der Waals surface area contributed by atoms with E-state index in [0.717, 1.165) is 52.8 Å². The molecule has 6 heteroatoms. The van der Waals surface area contributed by atoms with Crippen LogP contribution in [0.25, 0.3) is 11.1 Å². The third-order valence-corrected chi connectivity index (χ3v) is 6.22. The summed E-state index contributed by atoms with van der Waals surface area (Å²) >= 11 is 0. The predicted octanol–water partition coefficient (Wildman–Crippen LogP) is 7.11. The van der Waals surface area contributed by atoms with Gasteiger partial charge in [-0.05, 0) is 71.8 Å². The molecule has 4 rings (SSSR count). The van der Waals surface area contributed by atoms with Crippen LogP contribution in [0, 0.1) is 11.8 Å². The van der Waals surface area contributed by atoms with Crippen LogP contribution in [0.3, 0.4) is 0 Å². The number of alkyl halides is 3. The topological polar surface area (TPSA) is 35.5 Å². The van der Waals surface area contributed by atoms with Gasteiger partial charge in [0.2, 0.25) is 0 Å². The molecule has 0 saturated heterocycles. The van der Waals surface area contributed by atoms with Crippen molar-refractivity contribution in [2.45, 2.75) is 44.4 Å². The number of halogens is 3. The summed E-state index contributed by atoms with van der Waals surface area (Å²) in [4.78, 5) is 11.7. The molecule has 0 saturated carbocycles. The van der Waals surface area contributed by atoms with Crippen LogP contribution in [0.15, 0.2) is 66.7 Å². The Hall–Kier alpha value is -3.72. The fourth-order valence-corrected chi connectivity index (χ4v) is 4.47. The summed E-state index contributed by atoms with van der Waals surface area (Å²) < 4.78 is 49.9. The maximum Gasteiger partial charge on any atom is 0.416 e. The zero-order valence-corrected chi connectivity index (χ0v) is 19.5. The third-order valence-electron chi connectivity index (χ3n) is 6.22. The highest BCUT2D eigenvalue weighted by Crippen LogP contribution is 2.41. The second-order valence-electron chi connectivity index (χ2n) is 8.39. The van der Waals surface area contributed by atoms with Gasteiger partial charge in [-0.2, -0.15) is 13.2 Å². The normalized spacial score (nSPS) is 15.5. The van der Waals surface area contributed by atoms with Gasteiger partial charge in [0.1, 0.15) is 11.9 Å². The van der Waals surface area contributed by atoms with Gasteiger partial charge < -0.3 is 9.47 Å². The lowest BCUT2D eigenvalue weighted by Gasteiger charge is -2.17. The maximum atomic E-state index is 12.9. The van der Waals surface area contributed by atoms with Crippen molar-refractivity contribution in [2.24, 2.45) is 0 Å². The van der Waals surface area contributed by atoms with E-state index < -0.39 is 11.7 Å². The fourth-order valence-electron chi connectivity index (χ4n) is 4.47. The molecule has 0 radical (unpaired) electrons. The van der Waals surface area contributed by atoms with Crippen LogP contribution < -0.4 is 4.74 Å². The van der Waals surface area contributed by atoms with E-state index in [1.54, 1.807) is 6.92 Å². The zero-order valence-electron chi connectivity index (χ0n) is 19.5. The monoisotopic (exact) mass is 478 g/mol. The number of ether oxygens (including phenoxy) is 2. The number of hydrogen-bond acceptors (Lipinski definition) is 3. The molecule has 3 aromatic carbocycles. The Bertz CT molecular complexity index is 1250. The molecule has 0 amide bonds. The first-order valence-corrected chi connectivity index (χ1v) is 11.3. The fraction of sp³-hybridized carbons (Fsp3) is 0.276. The standard InChI is InChI=1S/C29H25F3O3/c1-3-5-21(18-28(33)34-2)19-10-14-23(15-11-19)35-27-17-16-25-24(6-4-7-26(25)27)20-8-12-22(13-9-20)29(30,31)32/h4,6-15,21,27H,16-18H2,1-2H3/t21-,27?/m0/s1. The van der Waals surface area contributed by atoms with Crippen molar-refractivity contribution < 1.29 is 27.4 Å². The second-order valence-corrected chi connectivity index (χ2v) is 8.39. The summed E-state index contributed by atoms with van der Waals surface area (Å²) in [7, 11) is 1.36. The molecule has 0 spiro atoms. The minimum Gasteiger partial charge on any atom is -0.486 e. The molecule has 1 aliphatic rings. The Kier molecular flexibility index (Phi) is 7.16. The van der Waals surface area contributed by atoms with Crippen molar-refractivity contribution in [3.63, 3.8) is 0 Å². The lowest BCUT2D eigenvalue weighted by Crippen LogP contribution is -2.08. The molecule has 1 aliphatic carbocycles. The van der Waals surface area contributed by atoms with Crippen LogP contribution in [-0.2, 0) is 22.1 Å². The van der Waals surface area contributed by atoms with Gasteiger partial charge in [-0.15, -0.1) is 5.92 Å². The number of fused-ring (bicyclic) bond motifs is 1. The average Bonchev–Trinajstić information content (AvgIpc) is 3.26. The SMILES string of the molecule is CC#C[C@@H](CC(=O)OC)c1ccc(OC2CCc3c(-c4ccc(C(F)(F)F)cc4)cccc32)cc1. The van der Waals surface area contributed by atoms with E-state index in [1.165, 1.54) is 19.2 Å². The van der Waals surface area contributed by atoms with Crippen molar-refractivity contribution >= 4 is 5.97 Å². The van der Waals surface area contributed by atoms with Gasteiger partial charge in [0, 0.05) is 0 Å². The summed E-state index contributed by atoms with van der Waals surface area (Å²) in [5.74, 6) is 6.05. The minimum absolute atomic E-state index is 0.147. The highest BCUT2D eigenvalue weighted by atomic mass is 19.4. The number of methoxy groups -OCH3 is 1. The largest absolute Gasteiger partial charge is 0.486 e. The summed E-state index contributed by atoms with van der Waals surface area (Å²) in [5.41, 5.74) is 4.10. The van der Waals surface area contributed by atoms with E-state index in [4.69, 9.17) is 9.47 Å². The number of rotatable bonds is 6. The van der Waals surface area contributed by atoms with Crippen molar-refractivity contribution in [3.05, 3.63) is 89.0 Å². The number of carbonyl (C=O) groups is 1. The van der Waals surface area contributed by atoms with Crippen molar-refractivity contribution in [1.29, 1.82) is 0 Å². The molecule has 1 unspecified atom stereocenters. The molecule has 3 nitrogen and oxygen atoms in total. The van der Waals surface area contributed by atoms with Crippen LogP contribution >= 0.6 is 0 Å². The number of esters is 1. The quantitative estimate of drug-likeness (QED) is 0.280. The molecular weight excluding hydrogens is 453 g/mol. The van der Waals surface area contributed by atoms with Gasteiger partial charge in [-0.1, -0.05) is 48.4 Å². The van der Waals surface area contributed by atoms with Crippen LogP contribution in [0.4, 0.5) is 13.2 Å². The minimum atomic E-state index is -4.35. The first kappa shape index (κ1) is 24.4. The molecule has 0 aliphatic heterocycles. The van der Waals surface area contributed by atoms with Crippen molar-refractivity contribution in [2.75, 3.05) is 7.11 Å². The Labute approximate surface area is 202 Å². The Balaban J connectivity index is 1.52.